The van der Waals surface area contributed by atoms with Crippen molar-refractivity contribution in [3.63, 3.8) is 0 Å². The van der Waals surface area contributed by atoms with Crippen LogP contribution >= 0.6 is 0 Å². The van der Waals surface area contributed by atoms with Gasteiger partial charge in [0.2, 0.25) is 0 Å². The van der Waals surface area contributed by atoms with Gasteiger partial charge in [-0.25, -0.2) is 0 Å². The van der Waals surface area contributed by atoms with Gasteiger partial charge in [-0.1, -0.05) is 135 Å². The summed E-state index contributed by atoms with van der Waals surface area (Å²) in [5.41, 5.74) is 0. The highest BCUT2D eigenvalue weighted by Gasteiger charge is 2.44. The number of hydrogen-bond donors (Lipinski definition) is 4. The van der Waals surface area contributed by atoms with Gasteiger partial charge in [-0.3, -0.25) is 9.59 Å². The van der Waals surface area contributed by atoms with Crippen LogP contribution in [-0.2, 0) is 28.5 Å². The minimum absolute atomic E-state index is 0.131. The molecule has 330 valence electrons. The van der Waals surface area contributed by atoms with Crippen LogP contribution in [0.3, 0.4) is 0 Å². The van der Waals surface area contributed by atoms with Gasteiger partial charge < -0.3 is 39.4 Å². The first-order chi connectivity index (χ1) is 28.8. The number of aliphatic hydroxyl groups is 4. The van der Waals surface area contributed by atoms with E-state index in [9.17, 15) is 30.0 Å². The molecule has 0 spiro atoms. The maximum Gasteiger partial charge on any atom is 0.306 e. The molecule has 6 unspecified atom stereocenters. The first-order valence-electron chi connectivity index (χ1n) is 21.6. The van der Waals surface area contributed by atoms with Crippen molar-refractivity contribution < 1.29 is 49.0 Å². The average molecular weight is 823 g/mol. The fourth-order valence-electron chi connectivity index (χ4n) is 5.49. The molecule has 0 bridgehead atoms. The number of rotatable bonds is 33. The van der Waals surface area contributed by atoms with Crippen molar-refractivity contribution >= 4 is 11.9 Å². The molecule has 1 aliphatic heterocycles. The number of unbranched alkanes of at least 4 members (excludes halogenated alkanes) is 2. The minimum atomic E-state index is -1.62. The molecule has 10 nitrogen and oxygen atoms in total. The Morgan fingerprint density at radius 1 is 0.525 bits per heavy atom. The molecule has 1 saturated heterocycles. The van der Waals surface area contributed by atoms with Crippen LogP contribution in [0.1, 0.15) is 117 Å². The van der Waals surface area contributed by atoms with Crippen molar-refractivity contribution in [3.8, 4) is 0 Å². The predicted molar refractivity (Wildman–Crippen MR) is 237 cm³/mol. The third kappa shape index (κ3) is 29.9. The fraction of sp³-hybridized carbons (Fsp3) is 0.551. The average Bonchev–Trinajstić information content (AvgIpc) is 3.23. The summed E-state index contributed by atoms with van der Waals surface area (Å²) in [5.74, 6) is -0.959. The molecule has 1 aliphatic rings. The number of allylic oxidation sites excluding steroid dienone is 20. The van der Waals surface area contributed by atoms with Crippen LogP contribution in [0.15, 0.2) is 122 Å². The summed E-state index contributed by atoms with van der Waals surface area (Å²) in [6, 6.07) is 0. The summed E-state index contributed by atoms with van der Waals surface area (Å²) in [6.45, 7) is 3.04. The maximum absolute atomic E-state index is 12.7. The zero-order valence-corrected chi connectivity index (χ0v) is 35.7. The highest BCUT2D eigenvalue weighted by Crippen LogP contribution is 2.22. The van der Waals surface area contributed by atoms with Gasteiger partial charge in [0.05, 0.1) is 13.2 Å². The molecule has 1 heterocycles. The van der Waals surface area contributed by atoms with Crippen molar-refractivity contribution in [3.05, 3.63) is 122 Å². The first-order valence-corrected chi connectivity index (χ1v) is 21.6. The Morgan fingerprint density at radius 3 is 1.32 bits per heavy atom. The van der Waals surface area contributed by atoms with Crippen LogP contribution in [0, 0.1) is 0 Å². The van der Waals surface area contributed by atoms with E-state index in [4.69, 9.17) is 18.9 Å². The van der Waals surface area contributed by atoms with Crippen LogP contribution in [0.4, 0.5) is 0 Å². The van der Waals surface area contributed by atoms with E-state index in [0.717, 1.165) is 64.2 Å². The third-order valence-electron chi connectivity index (χ3n) is 8.84. The highest BCUT2D eigenvalue weighted by atomic mass is 16.7. The molecule has 1 fully saturated rings. The summed E-state index contributed by atoms with van der Waals surface area (Å²) < 4.78 is 22.0. The van der Waals surface area contributed by atoms with E-state index in [2.05, 4.69) is 123 Å². The Bertz CT molecular complexity index is 1370. The molecule has 10 heteroatoms. The second kappa shape index (κ2) is 38.3. The first kappa shape index (κ1) is 53.1. The molecule has 0 aromatic carbocycles. The summed E-state index contributed by atoms with van der Waals surface area (Å²) in [7, 11) is 0. The largest absolute Gasteiger partial charge is 0.462 e. The standard InChI is InChI=1S/C49H74O10/c1-3-5-7-9-11-13-15-17-19-21-23-25-27-29-31-33-35-37-44(51)56-40-42(41-57-49-48(55)47(54)46(53)43(39-50)59-49)58-45(52)38-36-34-32-30-28-26-24-22-20-18-16-14-12-10-8-6-4-2/h5-8,11-14,17-20,23-26,29-32,42-43,46-50,53-55H,3-4,9-10,15-16,21-22,27-28,33-41H2,1-2H3. The van der Waals surface area contributed by atoms with E-state index in [-0.39, 0.29) is 26.1 Å². The zero-order chi connectivity index (χ0) is 43.0. The Morgan fingerprint density at radius 2 is 0.915 bits per heavy atom. The highest BCUT2D eigenvalue weighted by molar-refractivity contribution is 5.70. The van der Waals surface area contributed by atoms with Gasteiger partial charge in [0.15, 0.2) is 12.4 Å². The topological polar surface area (TPSA) is 152 Å². The Kier molecular flexibility index (Phi) is 34.5. The zero-order valence-electron chi connectivity index (χ0n) is 35.7. The Hall–Kier alpha value is -3.90. The van der Waals surface area contributed by atoms with Crippen LogP contribution in [-0.4, -0.2) is 89.0 Å². The predicted octanol–water partition coefficient (Wildman–Crippen LogP) is 9.10. The van der Waals surface area contributed by atoms with Crippen molar-refractivity contribution in [2.24, 2.45) is 0 Å². The smallest absolute Gasteiger partial charge is 0.306 e. The molecule has 0 amide bonds. The van der Waals surface area contributed by atoms with Crippen molar-refractivity contribution in [1.29, 1.82) is 0 Å². The lowest BCUT2D eigenvalue weighted by Crippen LogP contribution is -2.59. The van der Waals surface area contributed by atoms with Crippen LogP contribution < -0.4 is 0 Å². The molecule has 6 atom stereocenters. The number of carbonyl (C=O) groups excluding carboxylic acids is 2. The number of ether oxygens (including phenoxy) is 4. The molecule has 0 aromatic heterocycles. The summed E-state index contributed by atoms with van der Waals surface area (Å²) in [5, 5.41) is 40.0. The Balaban J connectivity index is 2.45. The van der Waals surface area contributed by atoms with E-state index in [0.29, 0.717) is 25.7 Å². The van der Waals surface area contributed by atoms with Gasteiger partial charge in [-0.05, 0) is 89.9 Å². The minimum Gasteiger partial charge on any atom is -0.462 e. The lowest BCUT2D eigenvalue weighted by molar-refractivity contribution is -0.305. The van der Waals surface area contributed by atoms with Gasteiger partial charge in [-0.15, -0.1) is 0 Å². The molecular formula is C49H74O10. The van der Waals surface area contributed by atoms with E-state index < -0.39 is 55.4 Å². The lowest BCUT2D eigenvalue weighted by atomic mass is 9.99. The fourth-order valence-corrected chi connectivity index (χ4v) is 5.49. The van der Waals surface area contributed by atoms with E-state index in [1.807, 2.05) is 12.2 Å². The van der Waals surface area contributed by atoms with Crippen molar-refractivity contribution in [2.45, 2.75) is 153 Å². The third-order valence-corrected chi connectivity index (χ3v) is 8.84. The van der Waals surface area contributed by atoms with Crippen molar-refractivity contribution in [2.75, 3.05) is 19.8 Å². The van der Waals surface area contributed by atoms with Gasteiger partial charge in [0, 0.05) is 12.8 Å². The van der Waals surface area contributed by atoms with Crippen LogP contribution in [0.5, 0.6) is 0 Å². The molecule has 0 saturated carbocycles. The summed E-state index contributed by atoms with van der Waals surface area (Å²) in [4.78, 5) is 25.3. The molecule has 0 aromatic rings. The monoisotopic (exact) mass is 823 g/mol. The normalized spacial score (nSPS) is 21.2. The van der Waals surface area contributed by atoms with Crippen LogP contribution in [0.2, 0.25) is 0 Å². The number of hydrogen-bond acceptors (Lipinski definition) is 10. The van der Waals surface area contributed by atoms with Gasteiger partial charge in [-0.2, -0.15) is 0 Å². The SMILES string of the molecule is CCC=CCC=CCC=CCC=CCC=CCCCC(=O)OCC(COC1OC(CO)C(O)C(O)C1O)OC(=O)CCCC=CCC=CCC=CCC=CCC=CCC. The number of carbonyl (C=O) groups is 2. The quantitative estimate of drug-likeness (QED) is 0.0287. The molecule has 59 heavy (non-hydrogen) atoms. The molecule has 0 radical (unpaired) electrons. The molecular weight excluding hydrogens is 749 g/mol. The van der Waals surface area contributed by atoms with E-state index in [1.165, 1.54) is 0 Å². The summed E-state index contributed by atoms with van der Waals surface area (Å²) in [6.07, 6.45) is 46.4. The molecule has 1 rings (SSSR count). The van der Waals surface area contributed by atoms with Crippen molar-refractivity contribution in [1.82, 2.24) is 0 Å². The second-order valence-corrected chi connectivity index (χ2v) is 14.0. The van der Waals surface area contributed by atoms with Gasteiger partial charge in [0.1, 0.15) is 31.0 Å². The van der Waals surface area contributed by atoms with Crippen LogP contribution in [0.25, 0.3) is 0 Å². The molecule has 4 N–H and O–H groups in total. The lowest BCUT2D eigenvalue weighted by Gasteiger charge is -2.39. The summed E-state index contributed by atoms with van der Waals surface area (Å²) >= 11 is 0. The van der Waals surface area contributed by atoms with E-state index in [1.54, 1.807) is 0 Å². The van der Waals surface area contributed by atoms with Gasteiger partial charge >= 0.3 is 11.9 Å². The Labute approximate surface area is 354 Å². The molecule has 0 aliphatic carbocycles. The second-order valence-electron chi connectivity index (χ2n) is 14.0. The number of aliphatic hydroxyl groups excluding tert-OH is 4. The van der Waals surface area contributed by atoms with E-state index >= 15 is 0 Å². The van der Waals surface area contributed by atoms with Gasteiger partial charge in [0.25, 0.3) is 0 Å². The maximum atomic E-state index is 12.7. The number of esters is 2.